The second-order valence-electron chi connectivity index (χ2n) is 4.60. The molecule has 1 aromatic carbocycles. The van der Waals surface area contributed by atoms with Crippen LogP contribution in [0, 0.1) is 0 Å². The maximum atomic E-state index is 11.3. The van der Waals surface area contributed by atoms with Crippen LogP contribution in [0.3, 0.4) is 0 Å². The minimum atomic E-state index is 0.0387. The monoisotopic (exact) mass is 250 g/mol. The second-order valence-corrected chi connectivity index (χ2v) is 4.60. The molecule has 1 amide bonds. The van der Waals surface area contributed by atoms with E-state index in [-0.39, 0.29) is 11.9 Å². The molecule has 0 spiro atoms. The predicted octanol–water partition coefficient (Wildman–Crippen LogP) is 1.95. The highest BCUT2D eigenvalue weighted by atomic mass is 16.5. The summed E-state index contributed by atoms with van der Waals surface area (Å²) in [5.74, 6) is 0.947. The van der Waals surface area contributed by atoms with Crippen molar-refractivity contribution in [1.82, 2.24) is 4.90 Å². The first kappa shape index (κ1) is 14.5. The number of hydrogen-bond donors (Lipinski definition) is 1. The quantitative estimate of drug-likeness (QED) is 0.785. The molecule has 0 unspecified atom stereocenters. The summed E-state index contributed by atoms with van der Waals surface area (Å²) in [6.45, 7) is 2.50. The van der Waals surface area contributed by atoms with Gasteiger partial charge < -0.3 is 15.4 Å². The lowest BCUT2D eigenvalue weighted by molar-refractivity contribution is -0.128. The lowest BCUT2D eigenvalue weighted by Gasteiger charge is -2.11. The van der Waals surface area contributed by atoms with E-state index in [4.69, 9.17) is 10.5 Å². The van der Waals surface area contributed by atoms with Crippen molar-refractivity contribution in [2.24, 2.45) is 5.73 Å². The van der Waals surface area contributed by atoms with Gasteiger partial charge in [-0.25, -0.2) is 0 Å². The Morgan fingerprint density at radius 1 is 1.33 bits per heavy atom. The number of ether oxygens (including phenoxy) is 1. The molecule has 4 nitrogen and oxygen atoms in total. The van der Waals surface area contributed by atoms with Crippen LogP contribution in [0.25, 0.3) is 0 Å². The fraction of sp³-hybridized carbons (Fsp3) is 0.500. The fourth-order valence-corrected chi connectivity index (χ4v) is 1.50. The molecule has 0 heterocycles. The summed E-state index contributed by atoms with van der Waals surface area (Å²) in [4.78, 5) is 12.9. The van der Waals surface area contributed by atoms with Crippen LogP contribution in [-0.4, -0.2) is 31.5 Å². The van der Waals surface area contributed by atoms with Gasteiger partial charge in [0, 0.05) is 26.6 Å². The van der Waals surface area contributed by atoms with E-state index in [2.05, 4.69) is 0 Å². The third-order valence-corrected chi connectivity index (χ3v) is 2.71. The van der Waals surface area contributed by atoms with Crippen LogP contribution in [0.1, 0.15) is 31.4 Å². The summed E-state index contributed by atoms with van der Waals surface area (Å²) in [6, 6.07) is 7.78. The Bertz CT molecular complexity index is 372. The first-order valence-electron chi connectivity index (χ1n) is 6.19. The van der Waals surface area contributed by atoms with Gasteiger partial charge in [0.25, 0.3) is 0 Å². The molecule has 0 aromatic heterocycles. The minimum Gasteiger partial charge on any atom is -0.494 e. The minimum absolute atomic E-state index is 0.0387. The van der Waals surface area contributed by atoms with Crippen molar-refractivity contribution in [3.8, 4) is 5.75 Å². The topological polar surface area (TPSA) is 55.6 Å². The van der Waals surface area contributed by atoms with Crippen LogP contribution >= 0.6 is 0 Å². The van der Waals surface area contributed by atoms with Crippen molar-refractivity contribution in [3.63, 3.8) is 0 Å². The van der Waals surface area contributed by atoms with Gasteiger partial charge in [0.15, 0.2) is 0 Å². The molecule has 0 aliphatic carbocycles. The molecule has 0 bridgehead atoms. The van der Waals surface area contributed by atoms with Crippen molar-refractivity contribution in [1.29, 1.82) is 0 Å². The Morgan fingerprint density at radius 3 is 2.44 bits per heavy atom. The molecule has 0 aliphatic heterocycles. The van der Waals surface area contributed by atoms with Gasteiger partial charge in [0.2, 0.25) is 5.91 Å². The van der Waals surface area contributed by atoms with Gasteiger partial charge in [-0.15, -0.1) is 0 Å². The van der Waals surface area contributed by atoms with Gasteiger partial charge in [-0.3, -0.25) is 4.79 Å². The van der Waals surface area contributed by atoms with E-state index in [0.29, 0.717) is 13.0 Å². The molecule has 100 valence electrons. The number of benzene rings is 1. The SMILES string of the molecule is C[C@H](N)c1ccc(OCCCC(=O)N(C)C)cc1. The van der Waals surface area contributed by atoms with Gasteiger partial charge in [0.05, 0.1) is 6.61 Å². The molecule has 18 heavy (non-hydrogen) atoms. The van der Waals surface area contributed by atoms with Crippen molar-refractivity contribution in [2.45, 2.75) is 25.8 Å². The molecule has 0 saturated carbocycles. The van der Waals surface area contributed by atoms with Crippen molar-refractivity contribution in [3.05, 3.63) is 29.8 Å². The molecular weight excluding hydrogens is 228 g/mol. The molecule has 1 atom stereocenters. The Labute approximate surface area is 109 Å². The van der Waals surface area contributed by atoms with Crippen molar-refractivity contribution in [2.75, 3.05) is 20.7 Å². The summed E-state index contributed by atoms with van der Waals surface area (Å²) in [5, 5.41) is 0. The Balaban J connectivity index is 2.29. The number of amides is 1. The largest absolute Gasteiger partial charge is 0.494 e. The summed E-state index contributed by atoms with van der Waals surface area (Å²) in [7, 11) is 3.52. The second kappa shape index (κ2) is 7.01. The zero-order chi connectivity index (χ0) is 13.5. The van der Waals surface area contributed by atoms with Crippen molar-refractivity contribution >= 4 is 5.91 Å². The molecule has 0 radical (unpaired) electrons. The molecule has 0 aliphatic rings. The van der Waals surface area contributed by atoms with Crippen molar-refractivity contribution < 1.29 is 9.53 Å². The standard InChI is InChI=1S/C14H22N2O2/c1-11(15)12-6-8-13(9-7-12)18-10-4-5-14(17)16(2)3/h6-9,11H,4-5,10,15H2,1-3H3/t11-/m0/s1. The molecule has 1 rings (SSSR count). The zero-order valence-corrected chi connectivity index (χ0v) is 11.3. The Hall–Kier alpha value is -1.55. The first-order chi connectivity index (χ1) is 8.50. The van der Waals surface area contributed by atoms with Crippen LogP contribution in [-0.2, 0) is 4.79 Å². The highest BCUT2D eigenvalue weighted by molar-refractivity contribution is 5.75. The van der Waals surface area contributed by atoms with E-state index < -0.39 is 0 Å². The zero-order valence-electron chi connectivity index (χ0n) is 11.3. The number of rotatable bonds is 6. The van der Waals surface area contributed by atoms with Gasteiger partial charge >= 0.3 is 0 Å². The summed E-state index contributed by atoms with van der Waals surface area (Å²) in [5.41, 5.74) is 6.85. The van der Waals surface area contributed by atoms with E-state index in [1.54, 1.807) is 19.0 Å². The van der Waals surface area contributed by atoms with Crippen LogP contribution in [0.5, 0.6) is 5.75 Å². The average molecular weight is 250 g/mol. The number of nitrogens with zero attached hydrogens (tertiary/aromatic N) is 1. The summed E-state index contributed by atoms with van der Waals surface area (Å²) >= 11 is 0. The van der Waals surface area contributed by atoms with Gasteiger partial charge in [-0.1, -0.05) is 12.1 Å². The number of nitrogens with two attached hydrogens (primary N) is 1. The van der Waals surface area contributed by atoms with Crippen LogP contribution in [0.15, 0.2) is 24.3 Å². The highest BCUT2D eigenvalue weighted by Crippen LogP contribution is 2.16. The molecular formula is C14H22N2O2. The summed E-state index contributed by atoms with van der Waals surface area (Å²) in [6.07, 6.45) is 1.25. The maximum absolute atomic E-state index is 11.3. The van der Waals surface area contributed by atoms with Gasteiger partial charge in [-0.05, 0) is 31.0 Å². The van der Waals surface area contributed by atoms with Crippen LogP contribution < -0.4 is 10.5 Å². The van der Waals surface area contributed by atoms with E-state index in [0.717, 1.165) is 17.7 Å². The first-order valence-corrected chi connectivity index (χ1v) is 6.19. The summed E-state index contributed by atoms with van der Waals surface area (Å²) < 4.78 is 5.56. The van der Waals surface area contributed by atoms with Gasteiger partial charge in [-0.2, -0.15) is 0 Å². The van der Waals surface area contributed by atoms with Gasteiger partial charge in [0.1, 0.15) is 5.75 Å². The molecule has 2 N–H and O–H groups in total. The molecule has 4 heteroatoms. The smallest absolute Gasteiger partial charge is 0.222 e. The fourth-order valence-electron chi connectivity index (χ4n) is 1.50. The van der Waals surface area contributed by atoms with E-state index in [9.17, 15) is 4.79 Å². The number of carbonyl (C=O) groups excluding carboxylic acids is 1. The number of hydrogen-bond acceptors (Lipinski definition) is 3. The Kier molecular flexibility index (Phi) is 5.65. The highest BCUT2D eigenvalue weighted by Gasteiger charge is 2.03. The number of carbonyl (C=O) groups is 1. The third-order valence-electron chi connectivity index (χ3n) is 2.71. The third kappa shape index (κ3) is 4.75. The molecule has 1 aromatic rings. The average Bonchev–Trinajstić information content (AvgIpc) is 2.34. The lowest BCUT2D eigenvalue weighted by Crippen LogP contribution is -2.21. The maximum Gasteiger partial charge on any atom is 0.222 e. The molecule has 0 fully saturated rings. The lowest BCUT2D eigenvalue weighted by atomic mass is 10.1. The predicted molar refractivity (Wildman–Crippen MR) is 72.5 cm³/mol. The van der Waals surface area contributed by atoms with E-state index in [1.165, 1.54) is 0 Å². The van der Waals surface area contributed by atoms with E-state index in [1.807, 2.05) is 31.2 Å². The van der Waals surface area contributed by atoms with Crippen LogP contribution in [0.4, 0.5) is 0 Å². The Morgan fingerprint density at radius 2 is 1.94 bits per heavy atom. The van der Waals surface area contributed by atoms with Crippen LogP contribution in [0.2, 0.25) is 0 Å². The van der Waals surface area contributed by atoms with E-state index >= 15 is 0 Å². The molecule has 0 saturated heterocycles. The normalized spacial score (nSPS) is 12.0.